The average Bonchev–Trinajstić information content (AvgIpc) is 2.22. The lowest BCUT2D eigenvalue weighted by Crippen LogP contribution is -2.58. The lowest BCUT2D eigenvalue weighted by molar-refractivity contribution is -0.147. The Morgan fingerprint density at radius 2 is 2.05 bits per heavy atom. The van der Waals surface area contributed by atoms with Gasteiger partial charge in [0, 0.05) is 5.02 Å². The number of rotatable bonds is 4. The molecule has 0 amide bonds. The van der Waals surface area contributed by atoms with Crippen LogP contribution >= 0.6 is 11.6 Å². The van der Waals surface area contributed by atoms with Crippen LogP contribution in [0.1, 0.15) is 24.8 Å². The molecule has 1 aromatic carbocycles. The molecule has 19 heavy (non-hydrogen) atoms. The van der Waals surface area contributed by atoms with Gasteiger partial charge in [0.2, 0.25) is 10.0 Å². The highest BCUT2D eigenvalue weighted by molar-refractivity contribution is 7.89. The highest BCUT2D eigenvalue weighted by Gasteiger charge is 2.47. The summed E-state index contributed by atoms with van der Waals surface area (Å²) < 4.78 is 26.8. The molecule has 2 N–H and O–H groups in total. The van der Waals surface area contributed by atoms with E-state index in [-0.39, 0.29) is 4.90 Å². The SMILES string of the molecule is Cc1cc(Cl)ccc1S(=O)(=O)NC1(C(=O)O)CCC1. The van der Waals surface area contributed by atoms with Crippen LogP contribution in [0.2, 0.25) is 5.02 Å². The van der Waals surface area contributed by atoms with Crippen molar-refractivity contribution in [3.8, 4) is 0 Å². The van der Waals surface area contributed by atoms with Crippen molar-refractivity contribution in [1.82, 2.24) is 4.72 Å². The second-order valence-electron chi connectivity index (χ2n) is 4.76. The third-order valence-electron chi connectivity index (χ3n) is 3.37. The molecule has 1 aliphatic rings. The second-order valence-corrected chi connectivity index (χ2v) is 6.84. The first kappa shape index (κ1) is 14.3. The fourth-order valence-electron chi connectivity index (χ4n) is 2.12. The third kappa shape index (κ3) is 2.61. The fourth-order valence-corrected chi connectivity index (χ4v) is 3.99. The normalized spacial score (nSPS) is 17.8. The van der Waals surface area contributed by atoms with Crippen LogP contribution in [0.3, 0.4) is 0 Å². The van der Waals surface area contributed by atoms with E-state index in [4.69, 9.17) is 16.7 Å². The number of halogens is 1. The molecule has 104 valence electrons. The average molecular weight is 304 g/mol. The number of hydrogen-bond acceptors (Lipinski definition) is 3. The maximum atomic E-state index is 12.3. The Labute approximate surface area is 116 Å². The second kappa shape index (κ2) is 4.77. The number of hydrogen-bond donors (Lipinski definition) is 2. The zero-order valence-corrected chi connectivity index (χ0v) is 11.9. The van der Waals surface area contributed by atoms with Gasteiger partial charge in [-0.3, -0.25) is 4.79 Å². The number of carboxylic acids is 1. The van der Waals surface area contributed by atoms with Crippen molar-refractivity contribution < 1.29 is 18.3 Å². The van der Waals surface area contributed by atoms with Crippen molar-refractivity contribution in [2.24, 2.45) is 0 Å². The number of carboxylic acid groups (broad SMARTS) is 1. The molecule has 0 saturated heterocycles. The Kier molecular flexibility index (Phi) is 3.59. The van der Waals surface area contributed by atoms with Crippen molar-refractivity contribution in [1.29, 1.82) is 0 Å². The first-order chi connectivity index (χ1) is 8.77. The van der Waals surface area contributed by atoms with Crippen molar-refractivity contribution in [3.05, 3.63) is 28.8 Å². The maximum absolute atomic E-state index is 12.3. The van der Waals surface area contributed by atoms with Crippen molar-refractivity contribution in [2.75, 3.05) is 0 Å². The number of aryl methyl sites for hydroxylation is 1. The number of sulfonamides is 1. The van der Waals surface area contributed by atoms with E-state index >= 15 is 0 Å². The minimum atomic E-state index is -3.86. The molecule has 1 fully saturated rings. The number of aliphatic carboxylic acids is 1. The first-order valence-corrected chi connectivity index (χ1v) is 7.66. The molecule has 1 aromatic rings. The lowest BCUT2D eigenvalue weighted by atomic mass is 9.78. The van der Waals surface area contributed by atoms with E-state index in [1.807, 2.05) is 0 Å². The lowest BCUT2D eigenvalue weighted by Gasteiger charge is -2.37. The maximum Gasteiger partial charge on any atom is 0.324 e. The minimum absolute atomic E-state index is 0.0597. The van der Waals surface area contributed by atoms with Crippen molar-refractivity contribution in [2.45, 2.75) is 36.6 Å². The van der Waals surface area contributed by atoms with Crippen molar-refractivity contribution >= 4 is 27.6 Å². The largest absolute Gasteiger partial charge is 0.480 e. The predicted octanol–water partition coefficient (Wildman–Crippen LogP) is 1.93. The summed E-state index contributed by atoms with van der Waals surface area (Å²) in [5.74, 6) is -1.13. The topological polar surface area (TPSA) is 83.5 Å². The van der Waals surface area contributed by atoms with Crippen LogP contribution in [-0.2, 0) is 14.8 Å². The van der Waals surface area contributed by atoms with E-state index in [9.17, 15) is 13.2 Å². The van der Waals surface area contributed by atoms with Gasteiger partial charge in [-0.1, -0.05) is 11.6 Å². The van der Waals surface area contributed by atoms with E-state index in [2.05, 4.69) is 4.72 Å². The zero-order valence-electron chi connectivity index (χ0n) is 10.3. The summed E-state index contributed by atoms with van der Waals surface area (Å²) in [6.07, 6.45) is 1.33. The molecular weight excluding hydrogens is 290 g/mol. The predicted molar refractivity (Wildman–Crippen MR) is 70.7 cm³/mol. The van der Waals surface area contributed by atoms with E-state index in [0.29, 0.717) is 29.8 Å². The van der Waals surface area contributed by atoms with Gasteiger partial charge in [0.15, 0.2) is 0 Å². The number of nitrogens with one attached hydrogen (secondary N) is 1. The van der Waals surface area contributed by atoms with E-state index in [0.717, 1.165) is 0 Å². The summed E-state index contributed by atoms with van der Waals surface area (Å²) in [4.78, 5) is 11.3. The monoisotopic (exact) mass is 303 g/mol. The standard InChI is InChI=1S/C12H14ClNO4S/c1-8-7-9(13)3-4-10(8)19(17,18)14-12(11(15)16)5-2-6-12/h3-4,7,14H,2,5-6H2,1H3,(H,15,16). The van der Waals surface area contributed by atoms with Gasteiger partial charge in [0.05, 0.1) is 4.90 Å². The molecule has 0 aliphatic heterocycles. The highest BCUT2D eigenvalue weighted by atomic mass is 35.5. The van der Waals surface area contributed by atoms with Crippen LogP contribution in [0.4, 0.5) is 0 Å². The number of carbonyl (C=O) groups is 1. The van der Waals surface area contributed by atoms with Crippen molar-refractivity contribution in [3.63, 3.8) is 0 Å². The van der Waals surface area contributed by atoms with Gasteiger partial charge in [0.25, 0.3) is 0 Å². The third-order valence-corrected chi connectivity index (χ3v) is 5.30. The summed E-state index contributed by atoms with van der Waals surface area (Å²) in [6.45, 7) is 1.62. The highest BCUT2D eigenvalue weighted by Crippen LogP contribution is 2.34. The fraction of sp³-hybridized carbons (Fsp3) is 0.417. The van der Waals surface area contributed by atoms with Crippen LogP contribution in [0.15, 0.2) is 23.1 Å². The van der Waals surface area contributed by atoms with Gasteiger partial charge in [-0.2, -0.15) is 4.72 Å². The Morgan fingerprint density at radius 3 is 2.47 bits per heavy atom. The summed E-state index contributed by atoms with van der Waals surface area (Å²) in [6, 6.07) is 4.38. The summed E-state index contributed by atoms with van der Waals surface area (Å²) in [7, 11) is -3.86. The molecule has 0 unspecified atom stereocenters. The molecular formula is C12H14ClNO4S. The molecule has 2 rings (SSSR count). The Hall–Kier alpha value is -1.11. The Morgan fingerprint density at radius 1 is 1.42 bits per heavy atom. The minimum Gasteiger partial charge on any atom is -0.480 e. The summed E-state index contributed by atoms with van der Waals surface area (Å²) in [5.41, 5.74) is -0.870. The molecule has 7 heteroatoms. The van der Waals surface area contributed by atoms with Gasteiger partial charge >= 0.3 is 5.97 Å². The smallest absolute Gasteiger partial charge is 0.324 e. The van der Waals surface area contributed by atoms with Gasteiger partial charge in [-0.05, 0) is 49.9 Å². The molecule has 1 aliphatic carbocycles. The van der Waals surface area contributed by atoms with Gasteiger partial charge in [-0.15, -0.1) is 0 Å². The van der Waals surface area contributed by atoms with Crippen LogP contribution in [-0.4, -0.2) is 25.0 Å². The van der Waals surface area contributed by atoms with Gasteiger partial charge < -0.3 is 5.11 Å². The van der Waals surface area contributed by atoms with E-state index in [1.165, 1.54) is 18.2 Å². The Bertz CT molecular complexity index is 623. The summed E-state index contributed by atoms with van der Waals surface area (Å²) >= 11 is 5.78. The number of benzene rings is 1. The van der Waals surface area contributed by atoms with E-state index < -0.39 is 21.5 Å². The molecule has 0 radical (unpaired) electrons. The molecule has 0 spiro atoms. The molecule has 1 saturated carbocycles. The molecule has 0 aromatic heterocycles. The van der Waals surface area contributed by atoms with Crippen LogP contribution in [0, 0.1) is 6.92 Å². The zero-order chi connectivity index (χ0) is 14.3. The quantitative estimate of drug-likeness (QED) is 0.890. The first-order valence-electron chi connectivity index (χ1n) is 5.80. The molecule has 5 nitrogen and oxygen atoms in total. The van der Waals surface area contributed by atoms with Crippen LogP contribution in [0.25, 0.3) is 0 Å². The van der Waals surface area contributed by atoms with Crippen LogP contribution < -0.4 is 4.72 Å². The molecule has 0 bridgehead atoms. The molecule has 0 heterocycles. The summed E-state index contributed by atoms with van der Waals surface area (Å²) in [5, 5.41) is 9.60. The van der Waals surface area contributed by atoms with Gasteiger partial charge in [0.1, 0.15) is 5.54 Å². The van der Waals surface area contributed by atoms with Gasteiger partial charge in [-0.25, -0.2) is 8.42 Å². The van der Waals surface area contributed by atoms with Crippen LogP contribution in [0.5, 0.6) is 0 Å². The Balaban J connectivity index is 2.35. The van der Waals surface area contributed by atoms with E-state index in [1.54, 1.807) is 6.92 Å². The molecule has 0 atom stereocenters.